The number of anilines is 1. The molecule has 0 fully saturated rings. The minimum atomic E-state index is -0.0345. The molecule has 0 saturated heterocycles. The van der Waals surface area contributed by atoms with Gasteiger partial charge in [0.2, 0.25) is 5.91 Å². The van der Waals surface area contributed by atoms with E-state index in [0.29, 0.717) is 0 Å². The lowest BCUT2D eigenvalue weighted by atomic mass is 9.99. The Hall–Kier alpha value is -1.65. The number of nitrogens with one attached hydrogen (secondary N) is 1. The summed E-state index contributed by atoms with van der Waals surface area (Å²) in [5.41, 5.74) is 8.97. The molecule has 2 rings (SSSR count). The molecule has 20 heavy (non-hydrogen) atoms. The van der Waals surface area contributed by atoms with Crippen molar-refractivity contribution in [1.82, 2.24) is 4.90 Å². The Morgan fingerprint density at radius 2 is 2.30 bits per heavy atom. The van der Waals surface area contributed by atoms with Crippen molar-refractivity contribution < 1.29 is 4.79 Å². The van der Waals surface area contributed by atoms with Gasteiger partial charge in [0.15, 0.2) is 0 Å². The van der Waals surface area contributed by atoms with Crippen LogP contribution in [0.1, 0.15) is 25.3 Å². The number of nitrogens with zero attached hydrogens (tertiary/aromatic N) is 1. The largest absolute Gasteiger partial charge is 0.330 e. The average Bonchev–Trinajstić information content (AvgIpc) is 2.45. The average molecular weight is 273 g/mol. The summed E-state index contributed by atoms with van der Waals surface area (Å²) >= 11 is 0. The molecule has 1 aliphatic heterocycles. The van der Waals surface area contributed by atoms with Gasteiger partial charge in [-0.15, -0.1) is 0 Å². The number of nitrogens with two attached hydrogens (primary N) is 1. The molecule has 4 heteroatoms. The summed E-state index contributed by atoms with van der Waals surface area (Å²) in [6.07, 6.45) is 4.39. The molecular formula is C16H23N3O. The van der Waals surface area contributed by atoms with Gasteiger partial charge in [-0.3, -0.25) is 9.69 Å². The minimum absolute atomic E-state index is 0.0345. The van der Waals surface area contributed by atoms with E-state index in [-0.39, 0.29) is 5.91 Å². The first-order valence-corrected chi connectivity index (χ1v) is 7.18. The molecule has 1 aromatic carbocycles. The van der Waals surface area contributed by atoms with Gasteiger partial charge >= 0.3 is 0 Å². The standard InChI is InChI=1S/C16H23N3O/c1-13(20)18-16-5-2-4-15(12-16)14-6-10-19(11-7-14)9-3-8-17/h2,4-6,12H,3,7-11,17H2,1H3,(H,18,20). The van der Waals surface area contributed by atoms with E-state index in [1.165, 1.54) is 18.1 Å². The van der Waals surface area contributed by atoms with Crippen LogP contribution in [0, 0.1) is 0 Å². The van der Waals surface area contributed by atoms with Crippen molar-refractivity contribution in [3.63, 3.8) is 0 Å². The van der Waals surface area contributed by atoms with Crippen molar-refractivity contribution in [3.05, 3.63) is 35.9 Å². The highest BCUT2D eigenvalue weighted by Gasteiger charge is 2.12. The highest BCUT2D eigenvalue weighted by molar-refractivity contribution is 5.89. The van der Waals surface area contributed by atoms with Crippen molar-refractivity contribution in [2.75, 3.05) is 31.5 Å². The first-order chi connectivity index (χ1) is 9.69. The molecule has 1 aliphatic rings. The number of carbonyl (C=O) groups is 1. The summed E-state index contributed by atoms with van der Waals surface area (Å²) in [6, 6.07) is 8.06. The number of benzene rings is 1. The predicted molar refractivity (Wildman–Crippen MR) is 83.5 cm³/mol. The summed E-state index contributed by atoms with van der Waals surface area (Å²) < 4.78 is 0. The second kappa shape index (κ2) is 7.22. The second-order valence-electron chi connectivity index (χ2n) is 5.18. The summed E-state index contributed by atoms with van der Waals surface area (Å²) in [5.74, 6) is -0.0345. The van der Waals surface area contributed by atoms with Crippen molar-refractivity contribution >= 4 is 17.2 Å². The Bertz CT molecular complexity index is 496. The highest BCUT2D eigenvalue weighted by Crippen LogP contribution is 2.24. The van der Waals surface area contributed by atoms with Crippen molar-refractivity contribution in [1.29, 1.82) is 0 Å². The normalized spacial score (nSPS) is 15.8. The third-order valence-corrected chi connectivity index (χ3v) is 3.53. The summed E-state index contributed by atoms with van der Waals surface area (Å²) in [4.78, 5) is 13.5. The fraction of sp³-hybridized carbons (Fsp3) is 0.438. The Morgan fingerprint density at radius 3 is 2.95 bits per heavy atom. The van der Waals surface area contributed by atoms with Gasteiger partial charge in [0.25, 0.3) is 0 Å². The van der Waals surface area contributed by atoms with Crippen LogP contribution in [0.5, 0.6) is 0 Å². The zero-order valence-electron chi connectivity index (χ0n) is 12.1. The fourth-order valence-electron chi connectivity index (χ4n) is 2.49. The summed E-state index contributed by atoms with van der Waals surface area (Å²) in [7, 11) is 0. The first-order valence-electron chi connectivity index (χ1n) is 7.18. The molecule has 0 radical (unpaired) electrons. The van der Waals surface area contributed by atoms with Crippen LogP contribution in [0.2, 0.25) is 0 Å². The molecule has 0 bridgehead atoms. The molecule has 1 amide bonds. The molecule has 0 spiro atoms. The maximum absolute atomic E-state index is 11.1. The lowest BCUT2D eigenvalue weighted by molar-refractivity contribution is -0.114. The van der Waals surface area contributed by atoms with Crippen LogP contribution in [0.25, 0.3) is 5.57 Å². The molecule has 108 valence electrons. The van der Waals surface area contributed by atoms with Gasteiger partial charge in [-0.2, -0.15) is 0 Å². The third kappa shape index (κ3) is 4.18. The van der Waals surface area contributed by atoms with Gasteiger partial charge in [0.1, 0.15) is 0 Å². The van der Waals surface area contributed by atoms with Crippen LogP contribution in [0.3, 0.4) is 0 Å². The van der Waals surface area contributed by atoms with Crippen molar-refractivity contribution in [2.24, 2.45) is 5.73 Å². The number of amides is 1. The topological polar surface area (TPSA) is 58.4 Å². The molecule has 1 aromatic rings. The Labute approximate surface area is 120 Å². The second-order valence-corrected chi connectivity index (χ2v) is 5.18. The van der Waals surface area contributed by atoms with Crippen LogP contribution < -0.4 is 11.1 Å². The number of hydrogen-bond donors (Lipinski definition) is 2. The van der Waals surface area contributed by atoms with Gasteiger partial charge in [-0.1, -0.05) is 18.2 Å². The zero-order valence-corrected chi connectivity index (χ0v) is 12.1. The van der Waals surface area contributed by atoms with Crippen LogP contribution in [-0.4, -0.2) is 37.0 Å². The van der Waals surface area contributed by atoms with E-state index in [2.05, 4.69) is 22.4 Å². The van der Waals surface area contributed by atoms with Crippen molar-refractivity contribution in [2.45, 2.75) is 19.8 Å². The van der Waals surface area contributed by atoms with Crippen molar-refractivity contribution in [3.8, 4) is 0 Å². The monoisotopic (exact) mass is 273 g/mol. The van der Waals surface area contributed by atoms with E-state index in [4.69, 9.17) is 5.73 Å². The quantitative estimate of drug-likeness (QED) is 0.863. The molecular weight excluding hydrogens is 250 g/mol. The molecule has 3 N–H and O–H groups in total. The van der Waals surface area contributed by atoms with Gasteiger partial charge in [-0.05, 0) is 49.2 Å². The Morgan fingerprint density at radius 1 is 1.45 bits per heavy atom. The number of rotatable bonds is 5. The van der Waals surface area contributed by atoms with E-state index >= 15 is 0 Å². The lowest BCUT2D eigenvalue weighted by Crippen LogP contribution is -2.30. The van der Waals surface area contributed by atoms with Gasteiger partial charge in [-0.25, -0.2) is 0 Å². The van der Waals surface area contributed by atoms with E-state index in [1.54, 1.807) is 0 Å². The number of carbonyl (C=O) groups excluding carboxylic acids is 1. The predicted octanol–water partition coefficient (Wildman–Crippen LogP) is 2.08. The molecule has 0 unspecified atom stereocenters. The van der Waals surface area contributed by atoms with Gasteiger partial charge in [0, 0.05) is 25.7 Å². The number of hydrogen-bond acceptors (Lipinski definition) is 3. The SMILES string of the molecule is CC(=O)Nc1cccc(C2=CCN(CCCN)CC2)c1. The van der Waals surface area contributed by atoms with E-state index in [9.17, 15) is 4.79 Å². The maximum Gasteiger partial charge on any atom is 0.221 e. The molecule has 0 aliphatic carbocycles. The fourth-order valence-corrected chi connectivity index (χ4v) is 2.49. The Kier molecular flexibility index (Phi) is 5.32. The zero-order chi connectivity index (χ0) is 14.4. The third-order valence-electron chi connectivity index (χ3n) is 3.53. The molecule has 0 aromatic heterocycles. The Balaban J connectivity index is 2.01. The van der Waals surface area contributed by atoms with Gasteiger partial charge < -0.3 is 11.1 Å². The van der Waals surface area contributed by atoms with E-state index in [0.717, 1.165) is 44.7 Å². The summed E-state index contributed by atoms with van der Waals surface area (Å²) in [6.45, 7) is 5.43. The van der Waals surface area contributed by atoms with Gasteiger partial charge in [0.05, 0.1) is 0 Å². The molecule has 4 nitrogen and oxygen atoms in total. The molecule has 1 heterocycles. The highest BCUT2D eigenvalue weighted by atomic mass is 16.1. The smallest absolute Gasteiger partial charge is 0.221 e. The van der Waals surface area contributed by atoms with Crippen LogP contribution in [-0.2, 0) is 4.79 Å². The van der Waals surface area contributed by atoms with Crippen LogP contribution >= 0.6 is 0 Å². The summed E-state index contributed by atoms with van der Waals surface area (Å²) in [5, 5.41) is 2.83. The molecule has 0 atom stereocenters. The maximum atomic E-state index is 11.1. The van der Waals surface area contributed by atoms with E-state index in [1.807, 2.05) is 18.2 Å². The first kappa shape index (κ1) is 14.8. The molecule has 0 saturated carbocycles. The van der Waals surface area contributed by atoms with Crippen LogP contribution in [0.15, 0.2) is 30.3 Å². The minimum Gasteiger partial charge on any atom is -0.330 e. The van der Waals surface area contributed by atoms with Crippen LogP contribution in [0.4, 0.5) is 5.69 Å². The lowest BCUT2D eigenvalue weighted by Gasteiger charge is -2.26. The van der Waals surface area contributed by atoms with E-state index < -0.39 is 0 Å².